The fraction of sp³-hybridized carbons (Fsp3) is 0.562. The van der Waals surface area contributed by atoms with Gasteiger partial charge in [-0.05, 0) is 94.6 Å². The van der Waals surface area contributed by atoms with E-state index in [9.17, 15) is 4.39 Å². The van der Waals surface area contributed by atoms with Crippen LogP contribution in [-0.4, -0.2) is 72.2 Å². The minimum Gasteiger partial charge on any atom is -0.369 e. The van der Waals surface area contributed by atoms with E-state index in [0.717, 1.165) is 57.3 Å². The van der Waals surface area contributed by atoms with Crippen molar-refractivity contribution in [3.8, 4) is 11.1 Å². The van der Waals surface area contributed by atoms with Gasteiger partial charge in [-0.2, -0.15) is 0 Å². The summed E-state index contributed by atoms with van der Waals surface area (Å²) in [5, 5.41) is 0. The van der Waals surface area contributed by atoms with E-state index in [2.05, 4.69) is 83.7 Å². The number of nitrogens with zero attached hydrogens (tertiary/aromatic N) is 3. The molecule has 3 nitrogen and oxygen atoms in total. The third-order valence-corrected chi connectivity index (χ3v) is 8.08. The third-order valence-electron chi connectivity index (χ3n) is 8.08. The molecular weight excluding hydrogens is 445 g/mol. The number of piperidine rings is 1. The molecule has 2 fully saturated rings. The number of hydrogen-bond donors (Lipinski definition) is 0. The molecule has 0 bridgehead atoms. The van der Waals surface area contributed by atoms with Gasteiger partial charge in [-0.3, -0.25) is 4.90 Å². The van der Waals surface area contributed by atoms with E-state index >= 15 is 0 Å². The highest BCUT2D eigenvalue weighted by molar-refractivity contribution is 5.69. The molecule has 2 aromatic rings. The Morgan fingerprint density at radius 2 is 1.44 bits per heavy atom. The van der Waals surface area contributed by atoms with Gasteiger partial charge in [0, 0.05) is 44.5 Å². The summed E-state index contributed by atoms with van der Waals surface area (Å²) in [6.45, 7) is 19.3. The lowest BCUT2D eigenvalue weighted by Crippen LogP contribution is -2.47. The highest BCUT2D eigenvalue weighted by Gasteiger charge is 2.25. The van der Waals surface area contributed by atoms with Gasteiger partial charge in [0.2, 0.25) is 0 Å². The van der Waals surface area contributed by atoms with Gasteiger partial charge < -0.3 is 9.80 Å². The first-order valence-electron chi connectivity index (χ1n) is 14.0. The molecule has 0 unspecified atom stereocenters. The number of alkyl halides is 1. The van der Waals surface area contributed by atoms with E-state index in [0.29, 0.717) is 12.6 Å². The molecule has 2 aliphatic heterocycles. The van der Waals surface area contributed by atoms with Crippen LogP contribution in [0, 0.1) is 5.92 Å². The van der Waals surface area contributed by atoms with Crippen LogP contribution in [0.5, 0.6) is 0 Å². The maximum Gasteiger partial charge on any atom is 0.118 e. The second kappa shape index (κ2) is 11.9. The van der Waals surface area contributed by atoms with E-state index in [1.165, 1.54) is 41.5 Å². The lowest BCUT2D eigenvalue weighted by Gasteiger charge is -2.39. The maximum atomic E-state index is 13.9. The predicted molar refractivity (Wildman–Crippen MR) is 152 cm³/mol. The normalized spacial score (nSPS) is 18.7. The van der Waals surface area contributed by atoms with Gasteiger partial charge in [0.05, 0.1) is 0 Å². The van der Waals surface area contributed by atoms with Crippen molar-refractivity contribution in [1.82, 2.24) is 14.7 Å². The summed E-state index contributed by atoms with van der Waals surface area (Å²) in [5.74, 6) is 0.762. The van der Waals surface area contributed by atoms with Gasteiger partial charge in [0.1, 0.15) is 5.67 Å². The van der Waals surface area contributed by atoms with E-state index in [4.69, 9.17) is 0 Å². The van der Waals surface area contributed by atoms with Crippen LogP contribution in [-0.2, 0) is 6.42 Å². The molecule has 0 amide bonds. The first-order valence-corrected chi connectivity index (χ1v) is 14.0. The Balaban J connectivity index is 1.25. The molecule has 2 aromatic carbocycles. The molecule has 0 N–H and O–H groups in total. The van der Waals surface area contributed by atoms with Gasteiger partial charge in [-0.1, -0.05) is 55.1 Å². The predicted octanol–water partition coefficient (Wildman–Crippen LogP) is 6.74. The van der Waals surface area contributed by atoms with E-state index < -0.39 is 5.67 Å². The van der Waals surface area contributed by atoms with Crippen LogP contribution >= 0.6 is 0 Å². The number of aryl methyl sites for hydroxylation is 1. The van der Waals surface area contributed by atoms with E-state index in [-0.39, 0.29) is 0 Å². The van der Waals surface area contributed by atoms with Gasteiger partial charge in [0.25, 0.3) is 0 Å². The zero-order chi connectivity index (χ0) is 25.7. The van der Waals surface area contributed by atoms with Gasteiger partial charge in [-0.25, -0.2) is 4.39 Å². The molecule has 0 aliphatic carbocycles. The Labute approximate surface area is 219 Å². The van der Waals surface area contributed by atoms with Crippen molar-refractivity contribution in [2.75, 3.05) is 45.8 Å². The minimum absolute atomic E-state index is 0.561. The molecule has 0 saturated carbocycles. The molecular formula is C32H46FN3. The monoisotopic (exact) mass is 491 g/mol. The first kappa shape index (κ1) is 26.9. The quantitative estimate of drug-likeness (QED) is 0.384. The van der Waals surface area contributed by atoms with Gasteiger partial charge in [0.15, 0.2) is 0 Å². The molecule has 36 heavy (non-hydrogen) atoms. The Morgan fingerprint density at radius 1 is 0.889 bits per heavy atom. The minimum atomic E-state index is -1.09. The highest BCUT2D eigenvalue weighted by atomic mass is 19.1. The summed E-state index contributed by atoms with van der Waals surface area (Å²) < 4.78 is 13.9. The zero-order valence-electron chi connectivity index (χ0n) is 23.0. The molecule has 2 saturated heterocycles. The zero-order valence-corrected chi connectivity index (χ0v) is 23.0. The van der Waals surface area contributed by atoms with Crippen molar-refractivity contribution in [1.29, 1.82) is 0 Å². The van der Waals surface area contributed by atoms with E-state index in [1.54, 1.807) is 13.8 Å². The van der Waals surface area contributed by atoms with Crippen LogP contribution in [0.1, 0.15) is 58.1 Å². The van der Waals surface area contributed by atoms with Crippen LogP contribution in [0.4, 0.5) is 4.39 Å². The number of hydrogen-bond acceptors (Lipinski definition) is 3. The van der Waals surface area contributed by atoms with Crippen molar-refractivity contribution in [2.24, 2.45) is 5.92 Å². The van der Waals surface area contributed by atoms with Crippen LogP contribution < -0.4 is 0 Å². The maximum absolute atomic E-state index is 13.9. The SMILES string of the molecule is C=C(c1ccc(-c2ccc(CCC3CCN(CC(C)(C)F)CC3)cc2)cc1)N1CCN(C(C)C)CC1. The van der Waals surface area contributed by atoms with Crippen molar-refractivity contribution < 1.29 is 4.39 Å². The lowest BCUT2D eigenvalue weighted by atomic mass is 9.90. The molecule has 2 heterocycles. The lowest BCUT2D eigenvalue weighted by molar-refractivity contribution is 0.0943. The second-order valence-electron chi connectivity index (χ2n) is 11.8. The van der Waals surface area contributed by atoms with Crippen LogP contribution in [0.3, 0.4) is 0 Å². The van der Waals surface area contributed by atoms with Crippen LogP contribution in [0.2, 0.25) is 0 Å². The first-order chi connectivity index (χ1) is 17.2. The summed E-state index contributed by atoms with van der Waals surface area (Å²) in [5.41, 5.74) is 5.20. The third kappa shape index (κ3) is 7.43. The molecule has 4 rings (SSSR count). The average molecular weight is 492 g/mol. The van der Waals surface area contributed by atoms with E-state index in [1.807, 2.05) is 0 Å². The van der Waals surface area contributed by atoms with Gasteiger partial charge in [-0.15, -0.1) is 0 Å². The van der Waals surface area contributed by atoms with Gasteiger partial charge >= 0.3 is 0 Å². The molecule has 0 aromatic heterocycles. The van der Waals surface area contributed by atoms with Crippen molar-refractivity contribution >= 4 is 5.70 Å². The Morgan fingerprint density at radius 3 is 1.97 bits per heavy atom. The summed E-state index contributed by atoms with van der Waals surface area (Å²) >= 11 is 0. The number of rotatable bonds is 9. The van der Waals surface area contributed by atoms with Crippen LogP contribution in [0.25, 0.3) is 16.8 Å². The largest absolute Gasteiger partial charge is 0.369 e. The molecule has 2 aliphatic rings. The fourth-order valence-electron chi connectivity index (χ4n) is 5.75. The molecule has 0 spiro atoms. The molecule has 4 heteroatoms. The fourth-order valence-corrected chi connectivity index (χ4v) is 5.75. The molecule has 0 radical (unpaired) electrons. The van der Waals surface area contributed by atoms with Crippen molar-refractivity contribution in [2.45, 2.75) is 65.1 Å². The number of likely N-dealkylation sites (tertiary alicyclic amines) is 1. The topological polar surface area (TPSA) is 9.72 Å². The summed E-state index contributed by atoms with van der Waals surface area (Å²) in [4.78, 5) is 7.25. The standard InChI is InChI=1S/C32H46FN3/c1-25(2)35-20-22-36(23-21-35)26(3)29-12-14-31(15-13-29)30-10-8-27(9-11-30)6-7-28-16-18-34(19-17-28)24-32(4,5)33/h8-15,25,28H,3,6-7,16-24H2,1-2,4-5H3. The highest BCUT2D eigenvalue weighted by Crippen LogP contribution is 2.27. The number of halogens is 1. The average Bonchev–Trinajstić information content (AvgIpc) is 2.87. The number of benzene rings is 2. The smallest absolute Gasteiger partial charge is 0.118 e. The Hall–Kier alpha value is -2.17. The summed E-state index contributed by atoms with van der Waals surface area (Å²) in [6.07, 6.45) is 4.75. The Kier molecular flexibility index (Phi) is 8.90. The van der Waals surface area contributed by atoms with Crippen molar-refractivity contribution in [3.63, 3.8) is 0 Å². The Bertz CT molecular complexity index is 958. The summed E-state index contributed by atoms with van der Waals surface area (Å²) in [7, 11) is 0. The molecule has 196 valence electrons. The molecule has 0 atom stereocenters. The van der Waals surface area contributed by atoms with Crippen molar-refractivity contribution in [3.05, 3.63) is 66.2 Å². The number of piperazine rings is 1. The second-order valence-corrected chi connectivity index (χ2v) is 11.8. The summed E-state index contributed by atoms with van der Waals surface area (Å²) in [6, 6.07) is 18.6. The van der Waals surface area contributed by atoms with Crippen LogP contribution in [0.15, 0.2) is 55.1 Å².